The summed E-state index contributed by atoms with van der Waals surface area (Å²) in [5.41, 5.74) is 2.74. The number of rotatable bonds is 5. The molecule has 3 heterocycles. The maximum absolute atomic E-state index is 5.36. The van der Waals surface area contributed by atoms with Gasteiger partial charge in [0.2, 0.25) is 5.89 Å². The van der Waals surface area contributed by atoms with Crippen LogP contribution < -0.4 is 0 Å². The van der Waals surface area contributed by atoms with Crippen LogP contribution in [0.1, 0.15) is 60.7 Å². The third-order valence-electron chi connectivity index (χ3n) is 5.19. The molecule has 2 aromatic rings. The van der Waals surface area contributed by atoms with Crippen molar-refractivity contribution in [2.24, 2.45) is 7.05 Å². The fraction of sp³-hybridized carbons (Fsp3) is 0.706. The summed E-state index contributed by atoms with van der Waals surface area (Å²) in [6.45, 7) is 2.11. The van der Waals surface area contributed by atoms with E-state index in [1.165, 1.54) is 36.5 Å². The van der Waals surface area contributed by atoms with Crippen LogP contribution in [0, 0.1) is 0 Å². The molecule has 7 heteroatoms. The Kier molecular flexibility index (Phi) is 4.37. The summed E-state index contributed by atoms with van der Waals surface area (Å²) in [6.07, 6.45) is 7.16. The monoisotopic (exact) mass is 331 g/mol. The van der Waals surface area contributed by atoms with Crippen molar-refractivity contribution < 1.29 is 9.26 Å². The van der Waals surface area contributed by atoms with Crippen molar-refractivity contribution in [3.63, 3.8) is 0 Å². The summed E-state index contributed by atoms with van der Waals surface area (Å²) in [5.74, 6) is 2.47. The average Bonchev–Trinajstić information content (AvgIpc) is 3.29. The number of imidazole rings is 1. The van der Waals surface area contributed by atoms with Crippen LogP contribution in [0.2, 0.25) is 0 Å². The summed E-state index contributed by atoms with van der Waals surface area (Å²) >= 11 is 0. The summed E-state index contributed by atoms with van der Waals surface area (Å²) < 4.78 is 12.8. The van der Waals surface area contributed by atoms with E-state index in [4.69, 9.17) is 14.2 Å². The van der Waals surface area contributed by atoms with Crippen molar-refractivity contribution in [1.29, 1.82) is 0 Å². The second-order valence-corrected chi connectivity index (χ2v) is 6.80. The van der Waals surface area contributed by atoms with Gasteiger partial charge in [-0.2, -0.15) is 4.98 Å². The summed E-state index contributed by atoms with van der Waals surface area (Å²) in [4.78, 5) is 11.8. The lowest BCUT2D eigenvalue weighted by atomic mass is 10.0. The predicted octanol–water partition coefficient (Wildman–Crippen LogP) is 2.17. The van der Waals surface area contributed by atoms with Crippen LogP contribution >= 0.6 is 0 Å². The molecule has 2 aliphatic rings. The van der Waals surface area contributed by atoms with Crippen LogP contribution in [0.3, 0.4) is 0 Å². The molecule has 0 N–H and O–H groups in total. The lowest BCUT2D eigenvalue weighted by Gasteiger charge is -2.22. The normalized spacial score (nSPS) is 21.3. The minimum atomic E-state index is 0.346. The molecular weight excluding hydrogens is 306 g/mol. The molecule has 1 fully saturated rings. The number of ether oxygens (including phenoxy) is 1. The predicted molar refractivity (Wildman–Crippen MR) is 87.2 cm³/mol. The molecule has 4 rings (SSSR count). The number of hydrogen-bond acceptors (Lipinski definition) is 6. The molecule has 2 aromatic heterocycles. The van der Waals surface area contributed by atoms with E-state index >= 15 is 0 Å². The highest BCUT2D eigenvalue weighted by Gasteiger charge is 2.32. The van der Waals surface area contributed by atoms with Crippen molar-refractivity contribution >= 4 is 0 Å². The molecule has 0 aromatic carbocycles. The standard InChI is InChI=1S/C17H25N5O2/c1-21-13-7-4-3-6-12(13)18-17(21)14-8-5-9-22(14)10-16-19-15(11-23-2)20-24-16/h14H,3-11H2,1-2H3/t14-/m0/s1. The number of fused-ring (bicyclic) bond motifs is 1. The van der Waals surface area contributed by atoms with Crippen LogP contribution in [-0.2, 0) is 37.8 Å². The molecule has 1 aliphatic heterocycles. The van der Waals surface area contributed by atoms with Crippen molar-refractivity contribution in [1.82, 2.24) is 24.6 Å². The molecule has 0 radical (unpaired) electrons. The summed E-state index contributed by atoms with van der Waals surface area (Å²) in [5, 5.41) is 3.96. The quantitative estimate of drug-likeness (QED) is 0.836. The van der Waals surface area contributed by atoms with Gasteiger partial charge in [-0.3, -0.25) is 4.90 Å². The Hall–Kier alpha value is -1.73. The van der Waals surface area contributed by atoms with E-state index in [0.717, 1.165) is 25.8 Å². The lowest BCUT2D eigenvalue weighted by Crippen LogP contribution is -2.25. The Morgan fingerprint density at radius 1 is 1.21 bits per heavy atom. The maximum atomic E-state index is 5.36. The zero-order valence-electron chi connectivity index (χ0n) is 14.5. The molecule has 0 saturated carbocycles. The van der Waals surface area contributed by atoms with Crippen molar-refractivity contribution in [2.75, 3.05) is 13.7 Å². The van der Waals surface area contributed by atoms with Crippen molar-refractivity contribution in [3.8, 4) is 0 Å². The van der Waals surface area contributed by atoms with Crippen LogP contribution in [0.4, 0.5) is 0 Å². The van der Waals surface area contributed by atoms with E-state index in [1.54, 1.807) is 7.11 Å². The molecule has 0 bridgehead atoms. The fourth-order valence-electron chi connectivity index (χ4n) is 4.03. The summed E-state index contributed by atoms with van der Waals surface area (Å²) in [7, 11) is 3.81. The van der Waals surface area contributed by atoms with E-state index in [9.17, 15) is 0 Å². The molecule has 0 spiro atoms. The van der Waals surface area contributed by atoms with Gasteiger partial charge in [-0.15, -0.1) is 0 Å². The Morgan fingerprint density at radius 3 is 2.92 bits per heavy atom. The van der Waals surface area contributed by atoms with E-state index < -0.39 is 0 Å². The average molecular weight is 331 g/mol. The zero-order chi connectivity index (χ0) is 16.5. The first-order chi connectivity index (χ1) is 11.8. The van der Waals surface area contributed by atoms with Gasteiger partial charge in [0.05, 0.1) is 18.3 Å². The third kappa shape index (κ3) is 2.86. The van der Waals surface area contributed by atoms with Gasteiger partial charge in [0.15, 0.2) is 5.82 Å². The van der Waals surface area contributed by atoms with Gasteiger partial charge in [0.25, 0.3) is 0 Å². The Morgan fingerprint density at radius 2 is 2.08 bits per heavy atom. The highest BCUT2D eigenvalue weighted by atomic mass is 16.5. The van der Waals surface area contributed by atoms with Crippen LogP contribution in [0.15, 0.2) is 4.52 Å². The SMILES string of the molecule is COCc1noc(CN2CCC[C@H]2c2nc3c(n2C)CCCC3)n1. The van der Waals surface area contributed by atoms with Crippen LogP contribution in [0.5, 0.6) is 0 Å². The van der Waals surface area contributed by atoms with E-state index in [0.29, 0.717) is 30.9 Å². The highest BCUT2D eigenvalue weighted by molar-refractivity contribution is 5.22. The molecule has 0 unspecified atom stereocenters. The first-order valence-electron chi connectivity index (χ1n) is 8.85. The van der Waals surface area contributed by atoms with E-state index in [1.807, 2.05) is 0 Å². The molecule has 1 atom stereocenters. The molecule has 24 heavy (non-hydrogen) atoms. The maximum Gasteiger partial charge on any atom is 0.240 e. The number of methoxy groups -OCH3 is 1. The number of nitrogens with zero attached hydrogens (tertiary/aromatic N) is 5. The van der Waals surface area contributed by atoms with Gasteiger partial charge in [0, 0.05) is 19.9 Å². The molecule has 0 amide bonds. The van der Waals surface area contributed by atoms with E-state index in [2.05, 4.69) is 26.7 Å². The number of likely N-dealkylation sites (tertiary alicyclic amines) is 1. The molecule has 1 saturated heterocycles. The van der Waals surface area contributed by atoms with Gasteiger partial charge < -0.3 is 13.8 Å². The summed E-state index contributed by atoms with van der Waals surface area (Å²) in [6, 6.07) is 0.346. The number of aryl methyl sites for hydroxylation is 1. The number of hydrogen-bond donors (Lipinski definition) is 0. The minimum absolute atomic E-state index is 0.346. The van der Waals surface area contributed by atoms with Crippen molar-refractivity contribution in [3.05, 3.63) is 28.9 Å². The van der Waals surface area contributed by atoms with Gasteiger partial charge in [-0.25, -0.2) is 4.98 Å². The second kappa shape index (κ2) is 6.64. The number of aromatic nitrogens is 4. The first-order valence-corrected chi connectivity index (χ1v) is 8.85. The Labute approximate surface area is 142 Å². The molecule has 130 valence electrons. The van der Waals surface area contributed by atoms with Gasteiger partial charge in [-0.1, -0.05) is 5.16 Å². The lowest BCUT2D eigenvalue weighted by molar-refractivity contribution is 0.174. The molecule has 1 aliphatic carbocycles. The van der Waals surface area contributed by atoms with Crippen LogP contribution in [-0.4, -0.2) is 38.2 Å². The Bertz CT molecular complexity index is 708. The zero-order valence-corrected chi connectivity index (χ0v) is 14.5. The van der Waals surface area contributed by atoms with Gasteiger partial charge in [0.1, 0.15) is 12.4 Å². The second-order valence-electron chi connectivity index (χ2n) is 6.80. The van der Waals surface area contributed by atoms with Crippen LogP contribution in [0.25, 0.3) is 0 Å². The molecular formula is C17H25N5O2. The topological polar surface area (TPSA) is 69.2 Å². The fourth-order valence-corrected chi connectivity index (χ4v) is 4.03. The smallest absolute Gasteiger partial charge is 0.240 e. The largest absolute Gasteiger partial charge is 0.377 e. The van der Waals surface area contributed by atoms with E-state index in [-0.39, 0.29) is 0 Å². The van der Waals surface area contributed by atoms with Crippen molar-refractivity contribution in [2.45, 2.75) is 57.7 Å². The van der Waals surface area contributed by atoms with Gasteiger partial charge >= 0.3 is 0 Å². The Balaban J connectivity index is 1.53. The highest BCUT2D eigenvalue weighted by Crippen LogP contribution is 2.34. The van der Waals surface area contributed by atoms with Gasteiger partial charge in [-0.05, 0) is 45.1 Å². The molecule has 7 nitrogen and oxygen atoms in total. The first kappa shape index (κ1) is 15.8. The minimum Gasteiger partial charge on any atom is -0.377 e. The third-order valence-corrected chi connectivity index (χ3v) is 5.19.